The third-order valence-corrected chi connectivity index (χ3v) is 3.07. The van der Waals surface area contributed by atoms with Gasteiger partial charge in [-0.3, -0.25) is 4.90 Å². The van der Waals surface area contributed by atoms with Crippen LogP contribution in [0.25, 0.3) is 0 Å². The lowest BCUT2D eigenvalue weighted by Crippen LogP contribution is -2.40. The molecule has 0 amide bonds. The van der Waals surface area contributed by atoms with Crippen LogP contribution in [0.5, 0.6) is 0 Å². The fourth-order valence-corrected chi connectivity index (χ4v) is 2.16. The second-order valence-corrected chi connectivity index (χ2v) is 4.13. The topological polar surface area (TPSA) is 29.3 Å². The van der Waals surface area contributed by atoms with E-state index in [1.54, 1.807) is 0 Å². The number of rotatable bonds is 4. The van der Waals surface area contributed by atoms with E-state index >= 15 is 0 Å². The number of unbranched alkanes of at least 4 members (excludes halogenated alkanes) is 1. The quantitative estimate of drug-likeness (QED) is 0.724. The van der Waals surface area contributed by atoms with Gasteiger partial charge in [-0.25, -0.2) is 0 Å². The summed E-state index contributed by atoms with van der Waals surface area (Å²) in [5.74, 6) is 0. The molecule has 1 aliphatic heterocycles. The maximum Gasteiger partial charge on any atom is 0.0218 e. The maximum absolute atomic E-state index is 5.79. The van der Waals surface area contributed by atoms with Gasteiger partial charge in [0.05, 0.1) is 0 Å². The first-order valence-corrected chi connectivity index (χ1v) is 5.82. The van der Waals surface area contributed by atoms with Crippen molar-refractivity contribution in [3.8, 4) is 0 Å². The number of nitrogens with zero attached hydrogens (tertiary/aromatic N) is 1. The van der Waals surface area contributed by atoms with Gasteiger partial charge in [-0.05, 0) is 32.4 Å². The summed E-state index contributed by atoms with van der Waals surface area (Å²) in [6.07, 6.45) is 8.11. The Balaban J connectivity index is 2.34. The van der Waals surface area contributed by atoms with Gasteiger partial charge in [-0.15, -0.1) is 0 Å². The van der Waals surface area contributed by atoms with Crippen LogP contribution in [-0.2, 0) is 0 Å². The average molecular weight is 184 g/mol. The number of likely N-dealkylation sites (tertiary alicyclic amines) is 1. The molecule has 78 valence electrons. The van der Waals surface area contributed by atoms with Crippen LogP contribution in [0.15, 0.2) is 0 Å². The molecule has 0 radical (unpaired) electrons. The monoisotopic (exact) mass is 184 g/mol. The molecule has 1 rings (SSSR count). The van der Waals surface area contributed by atoms with Crippen LogP contribution in [0.2, 0.25) is 0 Å². The van der Waals surface area contributed by atoms with Crippen LogP contribution in [0, 0.1) is 0 Å². The van der Waals surface area contributed by atoms with Gasteiger partial charge in [0, 0.05) is 12.6 Å². The Hall–Kier alpha value is -0.0800. The van der Waals surface area contributed by atoms with E-state index in [0.29, 0.717) is 6.04 Å². The van der Waals surface area contributed by atoms with E-state index in [2.05, 4.69) is 11.8 Å². The van der Waals surface area contributed by atoms with Crippen molar-refractivity contribution in [2.45, 2.75) is 51.5 Å². The molecule has 1 aliphatic rings. The van der Waals surface area contributed by atoms with Crippen LogP contribution in [-0.4, -0.2) is 30.6 Å². The van der Waals surface area contributed by atoms with E-state index in [1.807, 2.05) is 0 Å². The highest BCUT2D eigenvalue weighted by Gasteiger charge is 2.18. The van der Waals surface area contributed by atoms with E-state index < -0.39 is 0 Å². The zero-order chi connectivity index (χ0) is 9.52. The van der Waals surface area contributed by atoms with E-state index in [1.165, 1.54) is 51.6 Å². The Morgan fingerprint density at radius 3 is 2.85 bits per heavy atom. The summed E-state index contributed by atoms with van der Waals surface area (Å²) in [6.45, 7) is 5.65. The molecular weight excluding hydrogens is 160 g/mol. The first-order valence-electron chi connectivity index (χ1n) is 5.82. The van der Waals surface area contributed by atoms with Gasteiger partial charge < -0.3 is 5.73 Å². The summed E-state index contributed by atoms with van der Waals surface area (Å²) in [7, 11) is 0. The van der Waals surface area contributed by atoms with E-state index in [9.17, 15) is 0 Å². The maximum atomic E-state index is 5.79. The normalized spacial score (nSPS) is 25.8. The SMILES string of the molecule is CCCCN1CCCCCC1CN. The second kappa shape index (κ2) is 6.39. The molecule has 0 spiro atoms. The van der Waals surface area contributed by atoms with Gasteiger partial charge in [0.25, 0.3) is 0 Å². The molecule has 0 saturated carbocycles. The second-order valence-electron chi connectivity index (χ2n) is 4.13. The molecule has 13 heavy (non-hydrogen) atoms. The van der Waals surface area contributed by atoms with Crippen LogP contribution < -0.4 is 5.73 Å². The van der Waals surface area contributed by atoms with Crippen LogP contribution in [0.4, 0.5) is 0 Å². The first-order chi connectivity index (χ1) is 6.38. The van der Waals surface area contributed by atoms with Crippen molar-refractivity contribution >= 4 is 0 Å². The molecule has 1 atom stereocenters. The summed E-state index contributed by atoms with van der Waals surface area (Å²) < 4.78 is 0. The molecule has 2 heteroatoms. The molecule has 2 nitrogen and oxygen atoms in total. The van der Waals surface area contributed by atoms with Crippen LogP contribution in [0.3, 0.4) is 0 Å². The molecule has 2 N–H and O–H groups in total. The molecule has 0 bridgehead atoms. The van der Waals surface area contributed by atoms with Gasteiger partial charge in [0.2, 0.25) is 0 Å². The van der Waals surface area contributed by atoms with Gasteiger partial charge in [-0.2, -0.15) is 0 Å². The molecule has 0 aliphatic carbocycles. The molecule has 1 saturated heterocycles. The van der Waals surface area contributed by atoms with Crippen molar-refractivity contribution in [3.63, 3.8) is 0 Å². The van der Waals surface area contributed by atoms with Crippen molar-refractivity contribution in [1.82, 2.24) is 4.90 Å². The summed E-state index contributed by atoms with van der Waals surface area (Å²) in [5.41, 5.74) is 5.79. The van der Waals surface area contributed by atoms with Crippen molar-refractivity contribution in [2.75, 3.05) is 19.6 Å². The third kappa shape index (κ3) is 3.65. The fraction of sp³-hybridized carbons (Fsp3) is 1.00. The smallest absolute Gasteiger partial charge is 0.0218 e. The predicted molar refractivity (Wildman–Crippen MR) is 57.8 cm³/mol. The molecule has 1 heterocycles. The van der Waals surface area contributed by atoms with Gasteiger partial charge in [0.1, 0.15) is 0 Å². The van der Waals surface area contributed by atoms with Crippen LogP contribution >= 0.6 is 0 Å². The highest BCUT2D eigenvalue weighted by atomic mass is 15.2. The molecule has 0 aromatic carbocycles. The Morgan fingerprint density at radius 1 is 1.31 bits per heavy atom. The average Bonchev–Trinajstić information content (AvgIpc) is 2.39. The summed E-state index contributed by atoms with van der Waals surface area (Å²) in [6, 6.07) is 0.675. The minimum Gasteiger partial charge on any atom is -0.329 e. The molecule has 1 unspecified atom stereocenters. The van der Waals surface area contributed by atoms with Crippen LogP contribution in [0.1, 0.15) is 45.4 Å². The Bertz CT molecular complexity index is 125. The van der Waals surface area contributed by atoms with Gasteiger partial charge >= 0.3 is 0 Å². The number of nitrogens with two attached hydrogens (primary N) is 1. The lowest BCUT2D eigenvalue weighted by molar-refractivity contribution is 0.201. The third-order valence-electron chi connectivity index (χ3n) is 3.07. The Morgan fingerprint density at radius 2 is 2.15 bits per heavy atom. The number of hydrogen-bond acceptors (Lipinski definition) is 2. The lowest BCUT2D eigenvalue weighted by atomic mass is 10.1. The zero-order valence-electron chi connectivity index (χ0n) is 8.97. The van der Waals surface area contributed by atoms with E-state index in [4.69, 9.17) is 5.73 Å². The van der Waals surface area contributed by atoms with E-state index in [0.717, 1.165) is 6.54 Å². The highest BCUT2D eigenvalue weighted by molar-refractivity contribution is 4.75. The van der Waals surface area contributed by atoms with Crippen molar-refractivity contribution in [3.05, 3.63) is 0 Å². The zero-order valence-corrected chi connectivity index (χ0v) is 8.97. The summed E-state index contributed by atoms with van der Waals surface area (Å²) in [5, 5.41) is 0. The fourth-order valence-electron chi connectivity index (χ4n) is 2.16. The van der Waals surface area contributed by atoms with E-state index in [-0.39, 0.29) is 0 Å². The Labute approximate surface area is 82.5 Å². The van der Waals surface area contributed by atoms with Crippen molar-refractivity contribution in [2.24, 2.45) is 5.73 Å². The van der Waals surface area contributed by atoms with Gasteiger partial charge in [-0.1, -0.05) is 26.2 Å². The number of hydrogen-bond donors (Lipinski definition) is 1. The first kappa shape index (κ1) is 11.0. The summed E-state index contributed by atoms with van der Waals surface area (Å²) >= 11 is 0. The molecule has 0 aromatic rings. The summed E-state index contributed by atoms with van der Waals surface area (Å²) in [4.78, 5) is 2.61. The molecule has 1 fully saturated rings. The standard InChI is InChI=1S/C11H24N2/c1-2-3-8-13-9-6-4-5-7-11(13)10-12/h11H,2-10,12H2,1H3. The van der Waals surface area contributed by atoms with Gasteiger partial charge in [0.15, 0.2) is 0 Å². The lowest BCUT2D eigenvalue weighted by Gasteiger charge is -2.28. The molecule has 0 aromatic heterocycles. The predicted octanol–water partition coefficient (Wildman–Crippen LogP) is 1.99. The highest BCUT2D eigenvalue weighted by Crippen LogP contribution is 2.16. The minimum absolute atomic E-state index is 0.675. The minimum atomic E-state index is 0.675. The Kier molecular flexibility index (Phi) is 5.40. The van der Waals surface area contributed by atoms with Crippen molar-refractivity contribution in [1.29, 1.82) is 0 Å². The largest absolute Gasteiger partial charge is 0.329 e. The van der Waals surface area contributed by atoms with Crippen molar-refractivity contribution < 1.29 is 0 Å². The molecular formula is C11H24N2.